The molecule has 2 fully saturated rings. The van der Waals surface area contributed by atoms with Gasteiger partial charge in [-0.3, -0.25) is 9.59 Å². The second kappa shape index (κ2) is 4.81. The van der Waals surface area contributed by atoms with Crippen molar-refractivity contribution in [1.82, 2.24) is 0 Å². The molecule has 116 valence electrons. The number of benzene rings is 1. The molecule has 3 unspecified atom stereocenters. The molecule has 5 nitrogen and oxygen atoms in total. The Morgan fingerprint density at radius 3 is 2.86 bits per heavy atom. The summed E-state index contributed by atoms with van der Waals surface area (Å²) >= 11 is 0. The molecule has 0 radical (unpaired) electrons. The molecule has 3 aliphatic rings. The van der Waals surface area contributed by atoms with Crippen LogP contribution in [0.1, 0.15) is 18.4 Å². The van der Waals surface area contributed by atoms with Crippen molar-refractivity contribution >= 4 is 17.5 Å². The Bertz CT molecular complexity index is 637. The van der Waals surface area contributed by atoms with E-state index in [9.17, 15) is 9.59 Å². The van der Waals surface area contributed by atoms with Crippen LogP contribution in [-0.2, 0) is 20.7 Å². The fourth-order valence-electron chi connectivity index (χ4n) is 3.94. The normalized spacial score (nSPS) is 32.8. The van der Waals surface area contributed by atoms with Crippen molar-refractivity contribution < 1.29 is 14.3 Å². The highest BCUT2D eigenvalue weighted by Gasteiger charge is 2.61. The monoisotopic (exact) mass is 300 g/mol. The predicted molar refractivity (Wildman–Crippen MR) is 81.2 cm³/mol. The summed E-state index contributed by atoms with van der Waals surface area (Å²) in [5, 5.41) is 0. The molecule has 0 aromatic heterocycles. The van der Waals surface area contributed by atoms with Crippen molar-refractivity contribution in [2.24, 2.45) is 23.0 Å². The molecule has 22 heavy (non-hydrogen) atoms. The molecular formula is C17H20N2O3. The minimum Gasteiger partial charge on any atom is -0.381 e. The van der Waals surface area contributed by atoms with Crippen LogP contribution in [0.3, 0.4) is 0 Å². The van der Waals surface area contributed by atoms with Gasteiger partial charge in [-0.1, -0.05) is 18.2 Å². The minimum absolute atomic E-state index is 0.0367. The van der Waals surface area contributed by atoms with Crippen molar-refractivity contribution in [1.29, 1.82) is 0 Å². The van der Waals surface area contributed by atoms with Crippen molar-refractivity contribution in [2.75, 3.05) is 24.7 Å². The van der Waals surface area contributed by atoms with E-state index in [0.717, 1.165) is 30.7 Å². The van der Waals surface area contributed by atoms with Crippen LogP contribution < -0.4 is 10.6 Å². The van der Waals surface area contributed by atoms with Gasteiger partial charge in [0.2, 0.25) is 11.8 Å². The largest absolute Gasteiger partial charge is 0.381 e. The summed E-state index contributed by atoms with van der Waals surface area (Å²) in [6, 6.07) is 7.82. The number of rotatable bonds is 2. The fraction of sp³-hybridized carbons (Fsp3) is 0.529. The van der Waals surface area contributed by atoms with E-state index >= 15 is 0 Å². The van der Waals surface area contributed by atoms with Crippen molar-refractivity contribution in [3.8, 4) is 0 Å². The van der Waals surface area contributed by atoms with Gasteiger partial charge in [0.25, 0.3) is 0 Å². The number of ether oxygens (including phenoxy) is 1. The molecule has 1 aromatic carbocycles. The minimum atomic E-state index is -0.331. The Kier molecular flexibility index (Phi) is 3.01. The molecular weight excluding hydrogens is 280 g/mol. The number of hydrogen-bond donors (Lipinski definition) is 1. The zero-order chi connectivity index (χ0) is 15.3. The molecule has 1 saturated heterocycles. The molecule has 2 N–H and O–H groups in total. The maximum atomic E-state index is 13.0. The molecule has 2 heterocycles. The van der Waals surface area contributed by atoms with Gasteiger partial charge in [0.15, 0.2) is 0 Å². The summed E-state index contributed by atoms with van der Waals surface area (Å²) in [6.45, 7) is 1.85. The van der Waals surface area contributed by atoms with Gasteiger partial charge >= 0.3 is 0 Å². The second-order valence-corrected chi connectivity index (χ2v) is 6.80. The number of nitrogens with two attached hydrogens (primary N) is 1. The van der Waals surface area contributed by atoms with Crippen molar-refractivity contribution in [2.45, 2.75) is 19.3 Å². The van der Waals surface area contributed by atoms with Crippen LogP contribution >= 0.6 is 0 Å². The van der Waals surface area contributed by atoms with Gasteiger partial charge in [-0.15, -0.1) is 0 Å². The molecule has 1 spiro atoms. The fourth-order valence-corrected chi connectivity index (χ4v) is 3.94. The van der Waals surface area contributed by atoms with E-state index in [-0.39, 0.29) is 29.1 Å². The molecule has 2 aliphatic heterocycles. The van der Waals surface area contributed by atoms with E-state index < -0.39 is 0 Å². The Labute approximate surface area is 129 Å². The Morgan fingerprint density at radius 2 is 2.14 bits per heavy atom. The van der Waals surface area contributed by atoms with E-state index in [1.807, 2.05) is 24.3 Å². The lowest BCUT2D eigenvalue weighted by atomic mass is 9.91. The summed E-state index contributed by atoms with van der Waals surface area (Å²) < 4.78 is 5.47. The van der Waals surface area contributed by atoms with Gasteiger partial charge in [-0.25, -0.2) is 0 Å². The zero-order valence-electron chi connectivity index (χ0n) is 12.5. The number of carbonyl (C=O) groups is 2. The Morgan fingerprint density at radius 1 is 1.32 bits per heavy atom. The summed E-state index contributed by atoms with van der Waals surface area (Å²) in [6.07, 6.45) is 2.50. The summed E-state index contributed by atoms with van der Waals surface area (Å²) in [5.41, 5.74) is 7.53. The number of primary amides is 1. The van der Waals surface area contributed by atoms with Crippen LogP contribution in [0.25, 0.3) is 0 Å². The van der Waals surface area contributed by atoms with Gasteiger partial charge in [0.1, 0.15) is 0 Å². The number of anilines is 1. The van der Waals surface area contributed by atoms with Crippen LogP contribution in [0.2, 0.25) is 0 Å². The average molecular weight is 300 g/mol. The quantitative estimate of drug-likeness (QED) is 0.889. The van der Waals surface area contributed by atoms with Crippen LogP contribution in [0.15, 0.2) is 24.3 Å². The van der Waals surface area contributed by atoms with E-state index in [4.69, 9.17) is 10.5 Å². The first-order chi connectivity index (χ1) is 10.6. The number of nitrogens with zero attached hydrogens (tertiary/aromatic N) is 1. The lowest BCUT2D eigenvalue weighted by Crippen LogP contribution is -2.45. The molecule has 1 saturated carbocycles. The van der Waals surface area contributed by atoms with Crippen LogP contribution in [-0.4, -0.2) is 31.6 Å². The number of fused-ring (bicyclic) bond motifs is 1. The van der Waals surface area contributed by atoms with E-state index in [1.165, 1.54) is 0 Å². The van der Waals surface area contributed by atoms with E-state index in [1.54, 1.807) is 4.90 Å². The van der Waals surface area contributed by atoms with Crippen LogP contribution in [0.4, 0.5) is 5.69 Å². The third kappa shape index (κ3) is 2.03. The first kappa shape index (κ1) is 13.8. The smallest absolute Gasteiger partial charge is 0.230 e. The average Bonchev–Trinajstić information content (AvgIpc) is 3.02. The zero-order valence-corrected chi connectivity index (χ0v) is 12.5. The maximum Gasteiger partial charge on any atom is 0.230 e. The highest BCUT2D eigenvalue weighted by atomic mass is 16.5. The standard InChI is InChI=1S/C17H20N2O3/c18-15(20)12-7-11-3-1-2-4-14(11)19(9-12)16(21)13-8-17(13)5-6-22-10-17/h1-4,12-13H,5-10H2,(H2,18,20). The first-order valence-electron chi connectivity index (χ1n) is 7.87. The SMILES string of the molecule is NC(=O)C1Cc2ccccc2N(C(=O)C2CC23CCOC3)C1. The highest BCUT2D eigenvalue weighted by molar-refractivity contribution is 5.99. The van der Waals surface area contributed by atoms with Crippen molar-refractivity contribution in [3.63, 3.8) is 0 Å². The van der Waals surface area contributed by atoms with Gasteiger partial charge < -0.3 is 15.4 Å². The lowest BCUT2D eigenvalue weighted by Gasteiger charge is -2.34. The number of amides is 2. The van der Waals surface area contributed by atoms with Gasteiger partial charge in [-0.2, -0.15) is 0 Å². The number of para-hydroxylation sites is 1. The number of hydrogen-bond acceptors (Lipinski definition) is 3. The maximum absolute atomic E-state index is 13.0. The lowest BCUT2D eigenvalue weighted by molar-refractivity contribution is -0.123. The van der Waals surface area contributed by atoms with E-state index in [2.05, 4.69) is 0 Å². The Balaban J connectivity index is 1.62. The summed E-state index contributed by atoms with van der Waals surface area (Å²) in [7, 11) is 0. The van der Waals surface area contributed by atoms with Gasteiger partial charge in [0, 0.05) is 30.2 Å². The molecule has 1 aliphatic carbocycles. The van der Waals surface area contributed by atoms with Gasteiger partial charge in [-0.05, 0) is 30.9 Å². The van der Waals surface area contributed by atoms with Gasteiger partial charge in [0.05, 0.1) is 12.5 Å². The molecule has 3 atom stereocenters. The van der Waals surface area contributed by atoms with Crippen molar-refractivity contribution in [3.05, 3.63) is 29.8 Å². The molecule has 1 aromatic rings. The highest BCUT2D eigenvalue weighted by Crippen LogP contribution is 2.59. The topological polar surface area (TPSA) is 72.6 Å². The van der Waals surface area contributed by atoms with E-state index in [0.29, 0.717) is 19.6 Å². The molecule has 0 bridgehead atoms. The molecule has 4 rings (SSSR count). The third-order valence-corrected chi connectivity index (χ3v) is 5.44. The molecule has 5 heteroatoms. The first-order valence-corrected chi connectivity index (χ1v) is 7.87. The van der Waals surface area contributed by atoms with Crippen LogP contribution in [0, 0.1) is 17.3 Å². The molecule has 2 amide bonds. The second-order valence-electron chi connectivity index (χ2n) is 6.80. The predicted octanol–water partition coefficient (Wildman–Crippen LogP) is 1.10. The van der Waals surface area contributed by atoms with Crippen LogP contribution in [0.5, 0.6) is 0 Å². The summed E-state index contributed by atoms with van der Waals surface area (Å²) in [4.78, 5) is 26.4. The number of carbonyl (C=O) groups excluding carboxylic acids is 2. The third-order valence-electron chi connectivity index (χ3n) is 5.44. The summed E-state index contributed by atoms with van der Waals surface area (Å²) in [5.74, 6) is -0.464. The Hall–Kier alpha value is -1.88.